The van der Waals surface area contributed by atoms with Crippen molar-refractivity contribution in [2.75, 3.05) is 30.8 Å². The molecule has 110 valence electrons. The van der Waals surface area contributed by atoms with Crippen molar-refractivity contribution >= 4 is 17.4 Å². The Labute approximate surface area is 127 Å². The van der Waals surface area contributed by atoms with Crippen LogP contribution in [-0.2, 0) is 0 Å². The van der Waals surface area contributed by atoms with E-state index in [0.717, 1.165) is 35.7 Å². The zero-order chi connectivity index (χ0) is 15.2. The maximum Gasteiger partial charge on any atom is 0.103 e. The average Bonchev–Trinajstić information content (AvgIpc) is 2.45. The van der Waals surface area contributed by atoms with Crippen LogP contribution in [0.25, 0.3) is 0 Å². The summed E-state index contributed by atoms with van der Waals surface area (Å²) in [6, 6.07) is 8.44. The highest BCUT2D eigenvalue weighted by Gasteiger charge is 2.22. The van der Waals surface area contributed by atoms with E-state index in [4.69, 9.17) is 5.73 Å². The SMILES string of the molecule is CCCN(CC(C)(C)CN)c1cccc(SC)c1C#N. The lowest BCUT2D eigenvalue weighted by molar-refractivity contribution is 0.377. The van der Waals surface area contributed by atoms with Crippen LogP contribution < -0.4 is 10.6 Å². The molecule has 0 aliphatic carbocycles. The van der Waals surface area contributed by atoms with Gasteiger partial charge in [0.1, 0.15) is 6.07 Å². The van der Waals surface area contributed by atoms with Crippen molar-refractivity contribution in [1.29, 1.82) is 5.26 Å². The number of nitriles is 1. The average molecular weight is 291 g/mol. The van der Waals surface area contributed by atoms with Crippen LogP contribution in [0.5, 0.6) is 0 Å². The molecule has 2 N–H and O–H groups in total. The maximum absolute atomic E-state index is 9.49. The molecule has 0 aromatic heterocycles. The van der Waals surface area contributed by atoms with Crippen LogP contribution >= 0.6 is 11.8 Å². The van der Waals surface area contributed by atoms with Gasteiger partial charge >= 0.3 is 0 Å². The first kappa shape index (κ1) is 16.9. The van der Waals surface area contributed by atoms with Crippen molar-refractivity contribution in [2.24, 2.45) is 11.1 Å². The first-order valence-corrected chi connectivity index (χ1v) is 8.23. The number of hydrogen-bond acceptors (Lipinski definition) is 4. The Kier molecular flexibility index (Phi) is 6.38. The van der Waals surface area contributed by atoms with Crippen LogP contribution in [0.1, 0.15) is 32.8 Å². The van der Waals surface area contributed by atoms with Crippen molar-refractivity contribution in [3.8, 4) is 6.07 Å². The minimum absolute atomic E-state index is 0.0389. The van der Waals surface area contributed by atoms with E-state index in [1.807, 2.05) is 24.5 Å². The van der Waals surface area contributed by atoms with Gasteiger partial charge in [-0.15, -0.1) is 11.8 Å². The zero-order valence-electron chi connectivity index (χ0n) is 12.9. The molecule has 0 amide bonds. The van der Waals surface area contributed by atoms with Gasteiger partial charge in [0.2, 0.25) is 0 Å². The lowest BCUT2D eigenvalue weighted by Gasteiger charge is -2.34. The highest BCUT2D eigenvalue weighted by Crippen LogP contribution is 2.31. The van der Waals surface area contributed by atoms with Crippen molar-refractivity contribution in [2.45, 2.75) is 32.1 Å². The molecule has 0 fully saturated rings. The fourth-order valence-electron chi connectivity index (χ4n) is 2.20. The van der Waals surface area contributed by atoms with E-state index >= 15 is 0 Å². The van der Waals surface area contributed by atoms with Gasteiger partial charge < -0.3 is 10.6 Å². The Morgan fingerprint density at radius 3 is 2.60 bits per heavy atom. The number of rotatable bonds is 7. The van der Waals surface area contributed by atoms with E-state index in [9.17, 15) is 5.26 Å². The van der Waals surface area contributed by atoms with Crippen LogP contribution in [0.15, 0.2) is 23.1 Å². The smallest absolute Gasteiger partial charge is 0.103 e. The van der Waals surface area contributed by atoms with Crippen molar-refractivity contribution in [1.82, 2.24) is 0 Å². The predicted octanol–water partition coefficient (Wildman–Crippen LogP) is 3.48. The first-order chi connectivity index (χ1) is 9.49. The Morgan fingerprint density at radius 1 is 1.40 bits per heavy atom. The summed E-state index contributed by atoms with van der Waals surface area (Å²) in [5.74, 6) is 0. The molecule has 1 aromatic rings. The lowest BCUT2D eigenvalue weighted by Crippen LogP contribution is -2.39. The summed E-state index contributed by atoms with van der Waals surface area (Å²) in [5, 5.41) is 9.49. The van der Waals surface area contributed by atoms with Gasteiger partial charge in [-0.25, -0.2) is 0 Å². The van der Waals surface area contributed by atoms with Crippen molar-refractivity contribution in [3.63, 3.8) is 0 Å². The summed E-state index contributed by atoms with van der Waals surface area (Å²) in [6.07, 6.45) is 3.06. The number of nitrogens with two attached hydrogens (primary N) is 1. The fourth-order valence-corrected chi connectivity index (χ4v) is 2.77. The van der Waals surface area contributed by atoms with E-state index in [-0.39, 0.29) is 5.41 Å². The molecule has 3 nitrogen and oxygen atoms in total. The van der Waals surface area contributed by atoms with Crippen molar-refractivity contribution in [3.05, 3.63) is 23.8 Å². The summed E-state index contributed by atoms with van der Waals surface area (Å²) < 4.78 is 0. The molecule has 0 spiro atoms. The molecule has 0 aliphatic rings. The molecule has 20 heavy (non-hydrogen) atoms. The third-order valence-electron chi connectivity index (χ3n) is 3.34. The van der Waals surface area contributed by atoms with E-state index in [1.165, 1.54) is 0 Å². The molecule has 4 heteroatoms. The molecule has 1 aromatic carbocycles. The summed E-state index contributed by atoms with van der Waals surface area (Å²) in [5.41, 5.74) is 7.71. The normalized spacial score (nSPS) is 11.2. The largest absolute Gasteiger partial charge is 0.370 e. The first-order valence-electron chi connectivity index (χ1n) is 7.01. The van der Waals surface area contributed by atoms with Crippen LogP contribution in [0, 0.1) is 16.7 Å². The number of anilines is 1. The Balaban J connectivity index is 3.19. The Morgan fingerprint density at radius 2 is 2.10 bits per heavy atom. The molecule has 0 radical (unpaired) electrons. The highest BCUT2D eigenvalue weighted by atomic mass is 32.2. The van der Waals surface area contributed by atoms with E-state index in [0.29, 0.717) is 6.54 Å². The Hall–Kier alpha value is -1.18. The molecule has 0 saturated carbocycles. The van der Waals surface area contributed by atoms with Gasteiger partial charge in [-0.1, -0.05) is 26.8 Å². The second-order valence-electron chi connectivity index (χ2n) is 5.76. The second-order valence-corrected chi connectivity index (χ2v) is 6.60. The maximum atomic E-state index is 9.49. The predicted molar refractivity (Wildman–Crippen MR) is 88.3 cm³/mol. The van der Waals surface area contributed by atoms with Crippen LogP contribution in [-0.4, -0.2) is 25.9 Å². The third kappa shape index (κ3) is 4.16. The topological polar surface area (TPSA) is 53.0 Å². The molecular formula is C16H25N3S. The fraction of sp³-hybridized carbons (Fsp3) is 0.562. The van der Waals surface area contributed by atoms with Crippen LogP contribution in [0.2, 0.25) is 0 Å². The van der Waals surface area contributed by atoms with Gasteiger partial charge in [-0.2, -0.15) is 5.26 Å². The molecule has 0 aliphatic heterocycles. The molecule has 0 saturated heterocycles. The summed E-state index contributed by atoms with van der Waals surface area (Å²) in [4.78, 5) is 3.34. The summed E-state index contributed by atoms with van der Waals surface area (Å²) in [7, 11) is 0. The lowest BCUT2D eigenvalue weighted by atomic mass is 9.92. The highest BCUT2D eigenvalue weighted by molar-refractivity contribution is 7.98. The van der Waals surface area contributed by atoms with Crippen LogP contribution in [0.3, 0.4) is 0 Å². The number of benzene rings is 1. The molecule has 1 rings (SSSR count). The van der Waals surface area contributed by atoms with Crippen molar-refractivity contribution < 1.29 is 0 Å². The molecule has 0 atom stereocenters. The third-order valence-corrected chi connectivity index (χ3v) is 4.12. The van der Waals surface area contributed by atoms with Crippen LogP contribution in [0.4, 0.5) is 5.69 Å². The molecule has 0 bridgehead atoms. The second kappa shape index (κ2) is 7.56. The number of hydrogen-bond donors (Lipinski definition) is 1. The van der Waals surface area contributed by atoms with E-state index < -0.39 is 0 Å². The van der Waals surface area contributed by atoms with Gasteiger partial charge in [-0.05, 0) is 36.8 Å². The minimum Gasteiger partial charge on any atom is -0.370 e. The van der Waals surface area contributed by atoms with Gasteiger partial charge in [-0.3, -0.25) is 0 Å². The van der Waals surface area contributed by atoms with E-state index in [2.05, 4.69) is 31.7 Å². The monoisotopic (exact) mass is 291 g/mol. The van der Waals surface area contributed by atoms with Gasteiger partial charge in [0.05, 0.1) is 11.3 Å². The minimum atomic E-state index is 0.0389. The van der Waals surface area contributed by atoms with Gasteiger partial charge in [0, 0.05) is 18.0 Å². The molecule has 0 heterocycles. The number of nitrogens with zero attached hydrogens (tertiary/aromatic N) is 2. The molecular weight excluding hydrogens is 266 g/mol. The summed E-state index contributed by atoms with van der Waals surface area (Å²) in [6.45, 7) is 8.93. The standard InChI is InChI=1S/C16H25N3S/c1-5-9-19(12-16(2,3)11-18)14-7-6-8-15(20-4)13(14)10-17/h6-8H,5,9,11-12,18H2,1-4H3. The Bertz CT molecular complexity index is 477. The van der Waals surface area contributed by atoms with Gasteiger partial charge in [0.15, 0.2) is 0 Å². The van der Waals surface area contributed by atoms with Gasteiger partial charge in [0.25, 0.3) is 0 Å². The van der Waals surface area contributed by atoms with E-state index in [1.54, 1.807) is 11.8 Å². The zero-order valence-corrected chi connectivity index (χ0v) is 13.8. The summed E-state index contributed by atoms with van der Waals surface area (Å²) >= 11 is 1.62. The quantitative estimate of drug-likeness (QED) is 0.781. The molecule has 0 unspecified atom stereocenters. The number of thioether (sulfide) groups is 1.